The highest BCUT2D eigenvalue weighted by molar-refractivity contribution is 6.35. The normalized spacial score (nSPS) is 18.2. The van der Waals surface area contributed by atoms with Crippen LogP contribution >= 0.6 is 23.2 Å². The van der Waals surface area contributed by atoms with Crippen molar-refractivity contribution in [3.05, 3.63) is 33.8 Å². The third-order valence-corrected chi connectivity index (χ3v) is 4.10. The molecule has 0 amide bonds. The van der Waals surface area contributed by atoms with Crippen molar-refractivity contribution >= 4 is 23.2 Å². The molecule has 3 heteroatoms. The summed E-state index contributed by atoms with van der Waals surface area (Å²) in [5, 5.41) is 1.47. The maximum atomic E-state index is 6.14. The summed E-state index contributed by atoms with van der Waals surface area (Å²) in [6.45, 7) is 0. The number of nitrogens with two attached hydrogens (primary N) is 1. The van der Waals surface area contributed by atoms with Gasteiger partial charge in [0.15, 0.2) is 0 Å². The summed E-state index contributed by atoms with van der Waals surface area (Å²) in [4.78, 5) is 0. The van der Waals surface area contributed by atoms with Crippen molar-refractivity contribution in [2.24, 2.45) is 11.7 Å². The van der Waals surface area contributed by atoms with Gasteiger partial charge in [0.2, 0.25) is 0 Å². The van der Waals surface area contributed by atoms with Crippen LogP contribution in [-0.2, 0) is 6.42 Å². The number of hydrogen-bond donors (Lipinski definition) is 1. The number of rotatable bonds is 4. The van der Waals surface area contributed by atoms with Crippen LogP contribution in [0.3, 0.4) is 0 Å². The van der Waals surface area contributed by atoms with Crippen molar-refractivity contribution in [2.75, 3.05) is 0 Å². The van der Waals surface area contributed by atoms with Gasteiger partial charge in [0.25, 0.3) is 0 Å². The van der Waals surface area contributed by atoms with Crippen molar-refractivity contribution in [3.8, 4) is 0 Å². The molecule has 1 unspecified atom stereocenters. The SMILES string of the molecule is NC(Cc1c(Cl)cccc1Cl)CC1CCC1. The molecule has 0 aliphatic heterocycles. The minimum Gasteiger partial charge on any atom is -0.327 e. The fourth-order valence-electron chi connectivity index (χ4n) is 2.23. The lowest BCUT2D eigenvalue weighted by atomic mass is 9.80. The van der Waals surface area contributed by atoms with Gasteiger partial charge < -0.3 is 5.73 Å². The fraction of sp³-hybridized carbons (Fsp3) is 0.538. The van der Waals surface area contributed by atoms with Crippen molar-refractivity contribution in [1.82, 2.24) is 0 Å². The standard InChI is InChI=1S/C13H17Cl2N/c14-12-5-2-6-13(15)11(12)8-10(16)7-9-3-1-4-9/h2,5-6,9-10H,1,3-4,7-8,16H2. The summed E-state index contributed by atoms with van der Waals surface area (Å²) < 4.78 is 0. The molecule has 0 aromatic heterocycles. The molecule has 0 bridgehead atoms. The number of halogens is 2. The van der Waals surface area contributed by atoms with E-state index in [0.29, 0.717) is 0 Å². The Hall–Kier alpha value is -0.240. The van der Waals surface area contributed by atoms with Crippen LogP contribution in [0, 0.1) is 5.92 Å². The molecule has 88 valence electrons. The third-order valence-electron chi connectivity index (χ3n) is 3.39. The highest BCUT2D eigenvalue weighted by atomic mass is 35.5. The molecule has 1 aromatic carbocycles. The lowest BCUT2D eigenvalue weighted by molar-refractivity contribution is 0.275. The Morgan fingerprint density at radius 2 is 1.88 bits per heavy atom. The van der Waals surface area contributed by atoms with Crippen molar-refractivity contribution in [3.63, 3.8) is 0 Å². The lowest BCUT2D eigenvalue weighted by Gasteiger charge is -2.28. The maximum absolute atomic E-state index is 6.14. The molecule has 0 saturated heterocycles. The van der Waals surface area contributed by atoms with Gasteiger partial charge >= 0.3 is 0 Å². The summed E-state index contributed by atoms with van der Waals surface area (Å²) in [6.07, 6.45) is 5.93. The first-order valence-electron chi connectivity index (χ1n) is 5.85. The first-order chi connectivity index (χ1) is 7.66. The van der Waals surface area contributed by atoms with Crippen LogP contribution < -0.4 is 5.73 Å². The predicted octanol–water partition coefficient (Wildman–Crippen LogP) is 4.05. The zero-order valence-corrected chi connectivity index (χ0v) is 10.8. The molecule has 1 aliphatic rings. The molecular formula is C13H17Cl2N. The van der Waals surface area contributed by atoms with Crippen LogP contribution in [0.1, 0.15) is 31.2 Å². The summed E-state index contributed by atoms with van der Waals surface area (Å²) in [5.74, 6) is 0.830. The Morgan fingerprint density at radius 3 is 2.38 bits per heavy atom. The Bertz CT molecular complexity index is 341. The van der Waals surface area contributed by atoms with Crippen molar-refractivity contribution in [2.45, 2.75) is 38.1 Å². The summed E-state index contributed by atoms with van der Waals surface area (Å²) in [6, 6.07) is 5.80. The van der Waals surface area contributed by atoms with Gasteiger partial charge in [0.1, 0.15) is 0 Å². The van der Waals surface area contributed by atoms with Gasteiger partial charge in [-0.3, -0.25) is 0 Å². The third kappa shape index (κ3) is 2.91. The van der Waals surface area contributed by atoms with Crippen LogP contribution in [-0.4, -0.2) is 6.04 Å². The maximum Gasteiger partial charge on any atom is 0.0453 e. The van der Waals surface area contributed by atoms with Gasteiger partial charge in [-0.05, 0) is 36.5 Å². The second-order valence-corrected chi connectivity index (χ2v) is 5.51. The monoisotopic (exact) mass is 257 g/mol. The van der Waals surface area contributed by atoms with Crippen LogP contribution in [0.25, 0.3) is 0 Å². The quantitative estimate of drug-likeness (QED) is 0.866. The van der Waals surface area contributed by atoms with Gasteiger partial charge in [0, 0.05) is 16.1 Å². The van der Waals surface area contributed by atoms with Gasteiger partial charge in [-0.1, -0.05) is 48.5 Å². The first-order valence-corrected chi connectivity index (χ1v) is 6.61. The van der Waals surface area contributed by atoms with Crippen LogP contribution in [0.15, 0.2) is 18.2 Å². The first kappa shape index (κ1) is 12.2. The second-order valence-electron chi connectivity index (χ2n) is 4.70. The van der Waals surface area contributed by atoms with Gasteiger partial charge in [-0.15, -0.1) is 0 Å². The van der Waals surface area contributed by atoms with E-state index in [-0.39, 0.29) is 6.04 Å². The zero-order valence-electron chi connectivity index (χ0n) is 9.26. The predicted molar refractivity (Wildman–Crippen MR) is 70.1 cm³/mol. The van der Waals surface area contributed by atoms with Crippen molar-refractivity contribution < 1.29 is 0 Å². The molecule has 1 aromatic rings. The van der Waals surface area contributed by atoms with Gasteiger partial charge in [-0.25, -0.2) is 0 Å². The molecule has 0 heterocycles. The summed E-state index contributed by atoms with van der Waals surface area (Å²) in [5.41, 5.74) is 7.13. The topological polar surface area (TPSA) is 26.0 Å². The van der Waals surface area contributed by atoms with Crippen molar-refractivity contribution in [1.29, 1.82) is 0 Å². The molecule has 0 spiro atoms. The van der Waals surface area contributed by atoms with Crippen LogP contribution in [0.4, 0.5) is 0 Å². The number of benzene rings is 1. The minimum absolute atomic E-state index is 0.183. The molecule has 16 heavy (non-hydrogen) atoms. The average molecular weight is 258 g/mol. The largest absolute Gasteiger partial charge is 0.327 e. The Morgan fingerprint density at radius 1 is 1.25 bits per heavy atom. The zero-order chi connectivity index (χ0) is 11.5. The van der Waals surface area contributed by atoms with E-state index >= 15 is 0 Å². The highest BCUT2D eigenvalue weighted by Crippen LogP contribution is 2.32. The molecule has 1 atom stereocenters. The highest BCUT2D eigenvalue weighted by Gasteiger charge is 2.21. The molecule has 1 aliphatic carbocycles. The van der Waals surface area contributed by atoms with E-state index in [1.54, 1.807) is 0 Å². The van der Waals surface area contributed by atoms with E-state index < -0.39 is 0 Å². The molecule has 1 fully saturated rings. The van der Waals surface area contributed by atoms with Crippen LogP contribution in [0.5, 0.6) is 0 Å². The number of hydrogen-bond acceptors (Lipinski definition) is 1. The van der Waals surface area contributed by atoms with Crippen LogP contribution in [0.2, 0.25) is 10.0 Å². The molecule has 0 radical (unpaired) electrons. The Labute approximate surface area is 107 Å². The Balaban J connectivity index is 1.96. The average Bonchev–Trinajstić information content (AvgIpc) is 2.18. The summed E-state index contributed by atoms with van der Waals surface area (Å²) >= 11 is 12.2. The minimum atomic E-state index is 0.183. The molecule has 1 saturated carbocycles. The van der Waals surface area contributed by atoms with E-state index in [1.165, 1.54) is 19.3 Å². The molecular weight excluding hydrogens is 241 g/mol. The van der Waals surface area contributed by atoms with E-state index in [9.17, 15) is 0 Å². The van der Waals surface area contributed by atoms with E-state index in [2.05, 4.69) is 0 Å². The lowest BCUT2D eigenvalue weighted by Crippen LogP contribution is -2.28. The van der Waals surface area contributed by atoms with E-state index in [0.717, 1.165) is 34.4 Å². The Kier molecular flexibility index (Phi) is 4.12. The summed E-state index contributed by atoms with van der Waals surface area (Å²) in [7, 11) is 0. The second kappa shape index (κ2) is 5.39. The van der Waals surface area contributed by atoms with Gasteiger partial charge in [-0.2, -0.15) is 0 Å². The van der Waals surface area contributed by atoms with Gasteiger partial charge in [0.05, 0.1) is 0 Å². The molecule has 2 N–H and O–H groups in total. The molecule has 1 nitrogen and oxygen atoms in total. The molecule has 2 rings (SSSR count). The van der Waals surface area contributed by atoms with E-state index in [4.69, 9.17) is 28.9 Å². The smallest absolute Gasteiger partial charge is 0.0453 e. The fourth-order valence-corrected chi connectivity index (χ4v) is 2.78. The van der Waals surface area contributed by atoms with E-state index in [1.807, 2.05) is 18.2 Å².